The highest BCUT2D eigenvalue weighted by Gasteiger charge is 2.30. The molecule has 21 heavy (non-hydrogen) atoms. The average Bonchev–Trinajstić information content (AvgIpc) is 2.97. The summed E-state index contributed by atoms with van der Waals surface area (Å²) >= 11 is 0. The van der Waals surface area contributed by atoms with Crippen molar-refractivity contribution in [3.05, 3.63) is 65.9 Å². The smallest absolute Gasteiger partial charge is 0.137 e. The molecule has 0 aromatic carbocycles. The van der Waals surface area contributed by atoms with E-state index >= 15 is 0 Å². The van der Waals surface area contributed by atoms with E-state index in [0.717, 1.165) is 36.3 Å². The Kier molecular flexibility index (Phi) is 2.97. The molecule has 4 rings (SSSR count). The molecule has 2 atom stereocenters. The van der Waals surface area contributed by atoms with Gasteiger partial charge in [-0.3, -0.25) is 4.98 Å². The lowest BCUT2D eigenvalue weighted by Crippen LogP contribution is -2.18. The van der Waals surface area contributed by atoms with Gasteiger partial charge in [0, 0.05) is 30.2 Å². The third kappa shape index (κ3) is 2.12. The van der Waals surface area contributed by atoms with E-state index in [4.69, 9.17) is 0 Å². The second-order valence-corrected chi connectivity index (χ2v) is 5.62. The van der Waals surface area contributed by atoms with E-state index in [1.165, 1.54) is 5.56 Å². The van der Waals surface area contributed by atoms with Gasteiger partial charge in [0.15, 0.2) is 0 Å². The number of fused-ring (bicyclic) bond motifs is 2. The third-order valence-electron chi connectivity index (χ3n) is 4.31. The number of aliphatic hydroxyl groups excluding tert-OH is 1. The van der Waals surface area contributed by atoms with Crippen LogP contribution in [0.25, 0.3) is 5.65 Å². The van der Waals surface area contributed by atoms with Crippen molar-refractivity contribution in [2.45, 2.75) is 31.3 Å². The molecule has 2 unspecified atom stereocenters. The predicted octanol–water partition coefficient (Wildman–Crippen LogP) is 2.88. The minimum absolute atomic E-state index is 0.0415. The molecule has 0 spiro atoms. The van der Waals surface area contributed by atoms with E-state index in [1.54, 1.807) is 0 Å². The van der Waals surface area contributed by atoms with E-state index in [9.17, 15) is 5.11 Å². The first-order valence-corrected chi connectivity index (χ1v) is 7.38. The molecule has 4 nitrogen and oxygen atoms in total. The molecule has 0 bridgehead atoms. The summed E-state index contributed by atoms with van der Waals surface area (Å²) in [5, 5.41) is 10.8. The Morgan fingerprint density at radius 1 is 1.24 bits per heavy atom. The van der Waals surface area contributed by atoms with Gasteiger partial charge in [0.05, 0.1) is 5.69 Å². The van der Waals surface area contributed by atoms with E-state index in [-0.39, 0.29) is 5.92 Å². The van der Waals surface area contributed by atoms with Crippen LogP contribution in [0.2, 0.25) is 0 Å². The van der Waals surface area contributed by atoms with Crippen LogP contribution < -0.4 is 0 Å². The highest BCUT2D eigenvalue weighted by Crippen LogP contribution is 2.38. The van der Waals surface area contributed by atoms with Crippen molar-refractivity contribution in [1.29, 1.82) is 0 Å². The zero-order chi connectivity index (χ0) is 14.2. The second kappa shape index (κ2) is 4.97. The standard InChI is InChI=1S/C17H17N3O/c21-17(14-11-20-10-2-1-8-15(20)19-14)13-7-3-5-12-6-4-9-18-16(12)13/h1-2,4,6,8-11,13,17,21H,3,5,7H2. The van der Waals surface area contributed by atoms with Gasteiger partial charge in [0.2, 0.25) is 0 Å². The average molecular weight is 279 g/mol. The van der Waals surface area contributed by atoms with Crippen molar-refractivity contribution in [2.75, 3.05) is 0 Å². The van der Waals surface area contributed by atoms with Gasteiger partial charge in [-0.05, 0) is 43.0 Å². The maximum absolute atomic E-state index is 10.8. The largest absolute Gasteiger partial charge is 0.386 e. The monoisotopic (exact) mass is 279 g/mol. The summed E-state index contributed by atoms with van der Waals surface area (Å²) in [5.74, 6) is 0.0415. The predicted molar refractivity (Wildman–Crippen MR) is 80.1 cm³/mol. The number of rotatable bonds is 2. The molecule has 1 N–H and O–H groups in total. The van der Waals surface area contributed by atoms with Crippen LogP contribution in [0.4, 0.5) is 0 Å². The van der Waals surface area contributed by atoms with E-state index in [1.807, 2.05) is 47.3 Å². The maximum Gasteiger partial charge on any atom is 0.137 e. The van der Waals surface area contributed by atoms with Gasteiger partial charge in [-0.1, -0.05) is 12.1 Å². The number of pyridine rings is 2. The van der Waals surface area contributed by atoms with Gasteiger partial charge in [-0.25, -0.2) is 4.98 Å². The zero-order valence-corrected chi connectivity index (χ0v) is 11.7. The highest BCUT2D eigenvalue weighted by molar-refractivity contribution is 5.40. The minimum atomic E-state index is -0.598. The number of hydrogen-bond donors (Lipinski definition) is 1. The fourth-order valence-corrected chi connectivity index (χ4v) is 3.26. The van der Waals surface area contributed by atoms with E-state index < -0.39 is 6.10 Å². The normalized spacial score (nSPS) is 19.4. The molecule has 1 aliphatic carbocycles. The summed E-state index contributed by atoms with van der Waals surface area (Å²) in [6, 6.07) is 9.95. The lowest BCUT2D eigenvalue weighted by Gasteiger charge is -2.27. The summed E-state index contributed by atoms with van der Waals surface area (Å²) in [5.41, 5.74) is 3.89. The Morgan fingerprint density at radius 3 is 3.10 bits per heavy atom. The molecule has 0 saturated heterocycles. The number of aliphatic hydroxyl groups is 1. The van der Waals surface area contributed by atoms with E-state index in [0.29, 0.717) is 0 Å². The molecule has 0 amide bonds. The van der Waals surface area contributed by atoms with Crippen LogP contribution in [-0.4, -0.2) is 19.5 Å². The fourth-order valence-electron chi connectivity index (χ4n) is 3.26. The van der Waals surface area contributed by atoms with Crippen LogP contribution in [0.1, 0.15) is 41.8 Å². The molecule has 3 heterocycles. The van der Waals surface area contributed by atoms with Crippen molar-refractivity contribution in [3.63, 3.8) is 0 Å². The van der Waals surface area contributed by atoms with Crippen LogP contribution in [0.15, 0.2) is 48.9 Å². The Hall–Kier alpha value is -2.20. The number of aromatic nitrogens is 3. The molecular weight excluding hydrogens is 262 g/mol. The Balaban J connectivity index is 1.73. The topological polar surface area (TPSA) is 50.4 Å². The van der Waals surface area contributed by atoms with E-state index in [2.05, 4.69) is 16.0 Å². The van der Waals surface area contributed by atoms with Gasteiger partial charge < -0.3 is 9.51 Å². The quantitative estimate of drug-likeness (QED) is 0.784. The summed E-state index contributed by atoms with van der Waals surface area (Å²) < 4.78 is 1.95. The molecule has 0 fully saturated rings. The molecule has 106 valence electrons. The molecule has 0 radical (unpaired) electrons. The summed E-state index contributed by atoms with van der Waals surface area (Å²) in [6.07, 6.45) is 8.18. The summed E-state index contributed by atoms with van der Waals surface area (Å²) in [4.78, 5) is 9.05. The Bertz CT molecular complexity index is 747. The molecule has 3 aromatic heterocycles. The number of aryl methyl sites for hydroxylation is 1. The van der Waals surface area contributed by atoms with Crippen LogP contribution in [0, 0.1) is 0 Å². The molecule has 3 aromatic rings. The summed E-state index contributed by atoms with van der Waals surface area (Å²) in [7, 11) is 0. The van der Waals surface area contributed by atoms with Crippen molar-refractivity contribution in [2.24, 2.45) is 0 Å². The van der Waals surface area contributed by atoms with Gasteiger partial charge in [-0.2, -0.15) is 0 Å². The number of nitrogens with zero attached hydrogens (tertiary/aromatic N) is 3. The molecule has 4 heteroatoms. The molecule has 1 aliphatic rings. The Morgan fingerprint density at radius 2 is 2.19 bits per heavy atom. The fraction of sp³-hybridized carbons (Fsp3) is 0.294. The molecular formula is C17H17N3O. The van der Waals surface area contributed by atoms with Crippen LogP contribution in [0.3, 0.4) is 0 Å². The van der Waals surface area contributed by atoms with Crippen molar-refractivity contribution in [1.82, 2.24) is 14.4 Å². The zero-order valence-electron chi connectivity index (χ0n) is 11.7. The summed E-state index contributed by atoms with van der Waals surface area (Å²) in [6.45, 7) is 0. The van der Waals surface area contributed by atoms with Crippen LogP contribution >= 0.6 is 0 Å². The lowest BCUT2D eigenvalue weighted by molar-refractivity contribution is 0.130. The number of imidazole rings is 1. The third-order valence-corrected chi connectivity index (χ3v) is 4.31. The maximum atomic E-state index is 10.8. The first kappa shape index (κ1) is 12.5. The first-order chi connectivity index (χ1) is 10.3. The van der Waals surface area contributed by atoms with Crippen LogP contribution in [-0.2, 0) is 6.42 Å². The lowest BCUT2D eigenvalue weighted by atomic mass is 9.82. The SMILES string of the molecule is OC(c1cn2ccccc2n1)C1CCCc2cccnc21. The van der Waals surface area contributed by atoms with Gasteiger partial charge in [0.25, 0.3) is 0 Å². The first-order valence-electron chi connectivity index (χ1n) is 7.38. The second-order valence-electron chi connectivity index (χ2n) is 5.62. The van der Waals surface area contributed by atoms with Crippen molar-refractivity contribution in [3.8, 4) is 0 Å². The number of hydrogen-bond acceptors (Lipinski definition) is 3. The molecule has 0 saturated carbocycles. The van der Waals surface area contributed by atoms with Gasteiger partial charge >= 0.3 is 0 Å². The van der Waals surface area contributed by atoms with Crippen LogP contribution in [0.5, 0.6) is 0 Å². The van der Waals surface area contributed by atoms with Crippen molar-refractivity contribution < 1.29 is 5.11 Å². The molecule has 0 aliphatic heterocycles. The minimum Gasteiger partial charge on any atom is -0.386 e. The van der Waals surface area contributed by atoms with Crippen molar-refractivity contribution >= 4 is 5.65 Å². The van der Waals surface area contributed by atoms with Gasteiger partial charge in [-0.15, -0.1) is 0 Å². The Labute approximate surface area is 123 Å². The highest BCUT2D eigenvalue weighted by atomic mass is 16.3. The van der Waals surface area contributed by atoms with Gasteiger partial charge in [0.1, 0.15) is 11.8 Å².